The van der Waals surface area contributed by atoms with Gasteiger partial charge in [0.1, 0.15) is 5.75 Å². The van der Waals surface area contributed by atoms with Crippen molar-refractivity contribution in [1.29, 1.82) is 0 Å². The number of hydrogen-bond acceptors (Lipinski definition) is 4. The number of ether oxygens (including phenoxy) is 1. The molecule has 1 aromatic carbocycles. The second-order valence-corrected chi connectivity index (χ2v) is 6.37. The fourth-order valence-corrected chi connectivity index (χ4v) is 2.59. The second-order valence-electron chi connectivity index (χ2n) is 5.97. The molecule has 0 radical (unpaired) electrons. The fourth-order valence-electron chi connectivity index (χ4n) is 2.35. The third-order valence-corrected chi connectivity index (χ3v) is 3.96. The molecular formula is C20H24ClN3O2. The molecule has 1 aromatic heterocycles. The van der Waals surface area contributed by atoms with E-state index in [9.17, 15) is 4.79 Å². The second kappa shape index (κ2) is 9.94. The number of carbonyl (C=O) groups excluding carboxylic acids is 1. The van der Waals surface area contributed by atoms with Crippen LogP contribution in [0.4, 0.5) is 0 Å². The lowest BCUT2D eigenvalue weighted by Gasteiger charge is -2.09. The van der Waals surface area contributed by atoms with Crippen LogP contribution >= 0.6 is 11.6 Å². The van der Waals surface area contributed by atoms with Crippen molar-refractivity contribution in [2.75, 3.05) is 6.54 Å². The first-order valence-corrected chi connectivity index (χ1v) is 8.99. The molecular weight excluding hydrogens is 350 g/mol. The Morgan fingerprint density at radius 3 is 2.81 bits per heavy atom. The minimum Gasteiger partial charge on any atom is -0.437 e. The van der Waals surface area contributed by atoms with Gasteiger partial charge >= 0.3 is 0 Å². The monoisotopic (exact) mass is 373 g/mol. The predicted octanol–water partition coefficient (Wildman–Crippen LogP) is 3.96. The summed E-state index contributed by atoms with van der Waals surface area (Å²) < 4.78 is 5.75. The molecule has 1 atom stereocenters. The first-order chi connectivity index (χ1) is 12.5. The zero-order chi connectivity index (χ0) is 18.9. The van der Waals surface area contributed by atoms with Crippen LogP contribution in [0.25, 0.3) is 6.08 Å². The van der Waals surface area contributed by atoms with E-state index in [0.717, 1.165) is 18.4 Å². The Morgan fingerprint density at radius 1 is 1.38 bits per heavy atom. The van der Waals surface area contributed by atoms with Gasteiger partial charge in [0.25, 0.3) is 0 Å². The summed E-state index contributed by atoms with van der Waals surface area (Å²) in [5, 5.41) is 3.33. The van der Waals surface area contributed by atoms with Crippen LogP contribution in [0.3, 0.4) is 0 Å². The SMILES string of the molecule is CCCc1ccc(Oc2ccc(/C=C/[C@H](C)NC(=O)CN)cn2)c(Cl)c1. The number of benzene rings is 1. The number of hydrogen-bond donors (Lipinski definition) is 2. The highest BCUT2D eigenvalue weighted by atomic mass is 35.5. The quantitative estimate of drug-likeness (QED) is 0.734. The van der Waals surface area contributed by atoms with E-state index in [1.807, 2.05) is 43.3 Å². The standard InChI is InChI=1S/C20H24ClN3O2/c1-3-4-15-7-9-18(17(21)11-15)26-20-10-8-16(13-23-20)6-5-14(2)24-19(25)12-22/h5-11,13-14H,3-4,12,22H2,1-2H3,(H,24,25)/b6-5+/t14-/m0/s1. The molecule has 26 heavy (non-hydrogen) atoms. The number of nitrogens with zero attached hydrogens (tertiary/aromatic N) is 1. The summed E-state index contributed by atoms with van der Waals surface area (Å²) in [4.78, 5) is 15.5. The summed E-state index contributed by atoms with van der Waals surface area (Å²) in [7, 11) is 0. The van der Waals surface area contributed by atoms with Gasteiger partial charge in [0.15, 0.2) is 0 Å². The van der Waals surface area contributed by atoms with Crippen LogP contribution in [-0.4, -0.2) is 23.5 Å². The number of nitrogens with two attached hydrogens (primary N) is 1. The number of aryl methyl sites for hydroxylation is 1. The molecule has 1 heterocycles. The van der Waals surface area contributed by atoms with Crippen molar-refractivity contribution >= 4 is 23.6 Å². The van der Waals surface area contributed by atoms with Gasteiger partial charge in [-0.2, -0.15) is 0 Å². The minimum atomic E-state index is -0.189. The molecule has 0 aliphatic carbocycles. The van der Waals surface area contributed by atoms with E-state index >= 15 is 0 Å². The Morgan fingerprint density at radius 2 is 2.19 bits per heavy atom. The Bertz CT molecular complexity index is 760. The Balaban J connectivity index is 1.98. The van der Waals surface area contributed by atoms with Gasteiger partial charge in [-0.05, 0) is 42.7 Å². The van der Waals surface area contributed by atoms with Gasteiger partial charge in [-0.1, -0.05) is 43.2 Å². The molecule has 138 valence electrons. The number of aromatic nitrogens is 1. The van der Waals surface area contributed by atoms with E-state index in [1.54, 1.807) is 12.3 Å². The average Bonchev–Trinajstić information content (AvgIpc) is 2.63. The molecule has 3 N–H and O–H groups in total. The maximum atomic E-state index is 11.2. The van der Waals surface area contributed by atoms with Gasteiger partial charge in [0, 0.05) is 18.3 Å². The summed E-state index contributed by atoms with van der Waals surface area (Å²) in [6, 6.07) is 9.36. The molecule has 5 nitrogen and oxygen atoms in total. The summed E-state index contributed by atoms with van der Waals surface area (Å²) in [6.45, 7) is 3.98. The van der Waals surface area contributed by atoms with Crippen LogP contribution in [0.1, 0.15) is 31.4 Å². The molecule has 0 saturated carbocycles. The molecule has 2 aromatic rings. The lowest BCUT2D eigenvalue weighted by atomic mass is 10.1. The molecule has 0 aliphatic rings. The van der Waals surface area contributed by atoms with Gasteiger partial charge < -0.3 is 15.8 Å². The van der Waals surface area contributed by atoms with Crippen LogP contribution in [0.15, 0.2) is 42.6 Å². The predicted molar refractivity (Wildman–Crippen MR) is 105 cm³/mol. The van der Waals surface area contributed by atoms with Gasteiger partial charge in [-0.25, -0.2) is 4.98 Å². The number of amides is 1. The van der Waals surface area contributed by atoms with E-state index in [1.165, 1.54) is 5.56 Å². The van der Waals surface area contributed by atoms with Gasteiger partial charge in [0.2, 0.25) is 11.8 Å². The van der Waals surface area contributed by atoms with Gasteiger partial charge in [-0.3, -0.25) is 4.79 Å². The fraction of sp³-hybridized carbons (Fsp3) is 0.300. The lowest BCUT2D eigenvalue weighted by Crippen LogP contribution is -2.35. The number of halogens is 1. The smallest absolute Gasteiger partial charge is 0.234 e. The molecule has 0 unspecified atom stereocenters. The normalized spacial score (nSPS) is 12.2. The van der Waals surface area contributed by atoms with Crippen molar-refractivity contribution in [3.63, 3.8) is 0 Å². The van der Waals surface area contributed by atoms with Crippen LogP contribution in [0.2, 0.25) is 5.02 Å². The molecule has 0 saturated heterocycles. The lowest BCUT2D eigenvalue weighted by molar-refractivity contribution is -0.120. The molecule has 0 bridgehead atoms. The average molecular weight is 374 g/mol. The topological polar surface area (TPSA) is 77.2 Å². The van der Waals surface area contributed by atoms with Crippen molar-refractivity contribution < 1.29 is 9.53 Å². The largest absolute Gasteiger partial charge is 0.437 e. The number of carbonyl (C=O) groups is 1. The highest BCUT2D eigenvalue weighted by Crippen LogP contribution is 2.29. The highest BCUT2D eigenvalue weighted by molar-refractivity contribution is 6.32. The van der Waals surface area contributed by atoms with Crippen molar-refractivity contribution in [3.05, 3.63) is 58.8 Å². The summed E-state index contributed by atoms with van der Waals surface area (Å²) in [5.41, 5.74) is 7.36. The van der Waals surface area contributed by atoms with E-state index in [4.69, 9.17) is 22.1 Å². The first-order valence-electron chi connectivity index (χ1n) is 8.61. The molecule has 0 aliphatic heterocycles. The number of rotatable bonds is 8. The van der Waals surface area contributed by atoms with Crippen molar-refractivity contribution in [3.8, 4) is 11.6 Å². The van der Waals surface area contributed by atoms with Gasteiger partial charge in [-0.15, -0.1) is 0 Å². The van der Waals surface area contributed by atoms with E-state index in [0.29, 0.717) is 16.7 Å². The summed E-state index contributed by atoms with van der Waals surface area (Å²) >= 11 is 6.28. The zero-order valence-corrected chi connectivity index (χ0v) is 15.8. The first kappa shape index (κ1) is 19.9. The van der Waals surface area contributed by atoms with E-state index in [2.05, 4.69) is 17.2 Å². The summed E-state index contributed by atoms with van der Waals surface area (Å²) in [5.74, 6) is 0.864. The maximum Gasteiger partial charge on any atom is 0.234 e. The molecule has 0 fully saturated rings. The van der Waals surface area contributed by atoms with E-state index < -0.39 is 0 Å². The number of pyridine rings is 1. The number of nitrogens with one attached hydrogen (secondary N) is 1. The van der Waals surface area contributed by atoms with Crippen molar-refractivity contribution in [1.82, 2.24) is 10.3 Å². The van der Waals surface area contributed by atoms with Crippen LogP contribution in [0.5, 0.6) is 11.6 Å². The van der Waals surface area contributed by atoms with E-state index in [-0.39, 0.29) is 18.5 Å². The Labute approximate surface area is 159 Å². The third-order valence-electron chi connectivity index (χ3n) is 3.66. The zero-order valence-electron chi connectivity index (χ0n) is 15.0. The Kier molecular flexibility index (Phi) is 7.63. The molecule has 2 rings (SSSR count). The van der Waals surface area contributed by atoms with Crippen molar-refractivity contribution in [2.24, 2.45) is 5.73 Å². The van der Waals surface area contributed by atoms with Crippen LogP contribution in [0, 0.1) is 0 Å². The Hall–Kier alpha value is -2.37. The maximum absolute atomic E-state index is 11.2. The third kappa shape index (κ3) is 6.17. The molecule has 0 spiro atoms. The molecule has 6 heteroatoms. The highest BCUT2D eigenvalue weighted by Gasteiger charge is 2.06. The molecule has 1 amide bonds. The van der Waals surface area contributed by atoms with Crippen LogP contribution in [-0.2, 0) is 11.2 Å². The minimum absolute atomic E-state index is 0.0201. The van der Waals surface area contributed by atoms with Crippen molar-refractivity contribution in [2.45, 2.75) is 32.7 Å². The van der Waals surface area contributed by atoms with Gasteiger partial charge in [0.05, 0.1) is 11.6 Å². The van der Waals surface area contributed by atoms with Crippen LogP contribution < -0.4 is 15.8 Å². The summed E-state index contributed by atoms with van der Waals surface area (Å²) in [6.07, 6.45) is 7.51.